The van der Waals surface area contributed by atoms with Crippen molar-refractivity contribution in [3.8, 4) is 0 Å². The Kier molecular flexibility index (Phi) is 1.55. The second-order valence-electron chi connectivity index (χ2n) is 3.37. The van der Waals surface area contributed by atoms with Gasteiger partial charge < -0.3 is 0 Å². The van der Waals surface area contributed by atoms with Crippen molar-refractivity contribution < 1.29 is 0 Å². The summed E-state index contributed by atoms with van der Waals surface area (Å²) in [7, 11) is 3.66. The highest BCUT2D eigenvalue weighted by Crippen LogP contribution is 2.11. The fraction of sp³-hybridized carbons (Fsp3) is 0.300. The molecule has 0 aliphatic rings. The van der Waals surface area contributed by atoms with Gasteiger partial charge in [0.15, 0.2) is 0 Å². The van der Waals surface area contributed by atoms with Gasteiger partial charge in [-0.2, -0.15) is 0 Å². The van der Waals surface area contributed by atoms with E-state index in [1.165, 1.54) is 0 Å². The third-order valence-electron chi connectivity index (χ3n) is 2.48. The molecule has 13 heavy (non-hydrogen) atoms. The summed E-state index contributed by atoms with van der Waals surface area (Å²) >= 11 is 0. The van der Waals surface area contributed by atoms with E-state index in [2.05, 4.69) is 0 Å². The summed E-state index contributed by atoms with van der Waals surface area (Å²) in [5, 5.41) is 0.796. The molecule has 0 radical (unpaired) electrons. The van der Waals surface area contributed by atoms with Gasteiger partial charge in [0.05, 0.1) is 10.9 Å². The first-order valence-electron chi connectivity index (χ1n) is 4.23. The van der Waals surface area contributed by atoms with Crippen LogP contribution in [0.25, 0.3) is 10.9 Å². The van der Waals surface area contributed by atoms with Crippen LogP contribution in [0.2, 0.25) is 0 Å². The maximum Gasteiger partial charge on any atom is 0.274 e. The van der Waals surface area contributed by atoms with E-state index in [1.54, 1.807) is 11.7 Å². The minimum atomic E-state index is 0.0706. The van der Waals surface area contributed by atoms with Gasteiger partial charge in [0, 0.05) is 14.1 Å². The molecule has 1 aromatic heterocycles. The molecule has 0 aliphatic heterocycles. The maximum atomic E-state index is 11.6. The highest BCUT2D eigenvalue weighted by molar-refractivity contribution is 5.79. The zero-order chi connectivity index (χ0) is 9.59. The predicted octanol–water partition coefficient (Wildman–Crippen LogP) is 1.19. The number of rotatable bonds is 0. The van der Waals surface area contributed by atoms with Crippen LogP contribution in [0.5, 0.6) is 0 Å². The summed E-state index contributed by atoms with van der Waals surface area (Å²) in [6.45, 7) is 1.99. The molecule has 0 aliphatic carbocycles. The number of aryl methyl sites for hydroxylation is 2. The van der Waals surface area contributed by atoms with Crippen LogP contribution in [-0.4, -0.2) is 9.36 Å². The molecular formula is C10H12N2O. The summed E-state index contributed by atoms with van der Waals surface area (Å²) in [5.74, 6) is 0. The first-order chi connectivity index (χ1) is 6.11. The minimum Gasteiger partial charge on any atom is -0.285 e. The largest absolute Gasteiger partial charge is 0.285 e. The van der Waals surface area contributed by atoms with Crippen molar-refractivity contribution in [1.82, 2.24) is 9.36 Å². The van der Waals surface area contributed by atoms with Gasteiger partial charge in [-0.3, -0.25) is 14.2 Å². The van der Waals surface area contributed by atoms with Gasteiger partial charge in [-0.1, -0.05) is 11.6 Å². The van der Waals surface area contributed by atoms with Gasteiger partial charge in [0.25, 0.3) is 5.56 Å². The van der Waals surface area contributed by atoms with Gasteiger partial charge in [-0.05, 0) is 19.1 Å². The molecule has 0 fully saturated rings. The monoisotopic (exact) mass is 176 g/mol. The van der Waals surface area contributed by atoms with E-state index < -0.39 is 0 Å². The standard InChI is InChI=1S/C10H12N2O/c1-7-4-5-9-8(6-7)10(13)12(3)11(9)2/h4-6H,1-3H3. The first kappa shape index (κ1) is 8.10. The lowest BCUT2D eigenvalue weighted by atomic mass is 10.2. The molecule has 0 saturated carbocycles. The van der Waals surface area contributed by atoms with Crippen molar-refractivity contribution in [2.24, 2.45) is 14.1 Å². The topological polar surface area (TPSA) is 26.9 Å². The summed E-state index contributed by atoms with van der Waals surface area (Å²) in [6, 6.07) is 5.92. The molecule has 1 aromatic carbocycles. The second-order valence-corrected chi connectivity index (χ2v) is 3.37. The number of benzene rings is 1. The van der Waals surface area contributed by atoms with Crippen molar-refractivity contribution in [1.29, 1.82) is 0 Å². The highest BCUT2D eigenvalue weighted by atomic mass is 16.1. The maximum absolute atomic E-state index is 11.6. The molecule has 2 aromatic rings. The molecule has 3 heteroatoms. The van der Waals surface area contributed by atoms with Crippen LogP contribution in [-0.2, 0) is 14.1 Å². The Hall–Kier alpha value is -1.51. The normalized spacial score (nSPS) is 11.0. The molecule has 68 valence electrons. The molecule has 0 N–H and O–H groups in total. The summed E-state index contributed by atoms with van der Waals surface area (Å²) in [4.78, 5) is 11.6. The van der Waals surface area contributed by atoms with Crippen LogP contribution in [0.3, 0.4) is 0 Å². The summed E-state index contributed by atoms with van der Waals surface area (Å²) < 4.78 is 3.47. The van der Waals surface area contributed by atoms with Gasteiger partial charge in [-0.25, -0.2) is 0 Å². The lowest BCUT2D eigenvalue weighted by molar-refractivity contribution is 0.595. The lowest BCUT2D eigenvalue weighted by Crippen LogP contribution is -2.16. The lowest BCUT2D eigenvalue weighted by Gasteiger charge is -1.99. The van der Waals surface area contributed by atoms with Crippen molar-refractivity contribution in [3.05, 3.63) is 34.1 Å². The Labute approximate surface area is 76.2 Å². The van der Waals surface area contributed by atoms with E-state index in [0.717, 1.165) is 16.5 Å². The first-order valence-corrected chi connectivity index (χ1v) is 4.23. The second kappa shape index (κ2) is 2.49. The van der Waals surface area contributed by atoms with Crippen LogP contribution in [0.1, 0.15) is 5.56 Å². The molecular weight excluding hydrogens is 164 g/mol. The Balaban J connectivity index is 3.04. The quantitative estimate of drug-likeness (QED) is 0.592. The molecule has 0 unspecified atom stereocenters. The van der Waals surface area contributed by atoms with E-state index in [1.807, 2.05) is 36.9 Å². The fourth-order valence-electron chi connectivity index (χ4n) is 1.58. The molecule has 1 heterocycles. The zero-order valence-electron chi connectivity index (χ0n) is 8.03. The van der Waals surface area contributed by atoms with Crippen molar-refractivity contribution in [2.45, 2.75) is 6.92 Å². The molecule has 0 bridgehead atoms. The Bertz CT molecular complexity index is 519. The fourth-order valence-corrected chi connectivity index (χ4v) is 1.58. The Morgan fingerprint density at radius 2 is 1.85 bits per heavy atom. The van der Waals surface area contributed by atoms with E-state index >= 15 is 0 Å². The number of fused-ring (bicyclic) bond motifs is 1. The summed E-state index contributed by atoms with van der Waals surface area (Å²) in [5.41, 5.74) is 2.18. The van der Waals surface area contributed by atoms with Gasteiger partial charge in [0.1, 0.15) is 0 Å². The number of hydrogen-bond acceptors (Lipinski definition) is 1. The average molecular weight is 176 g/mol. The number of hydrogen-bond donors (Lipinski definition) is 0. The third-order valence-corrected chi connectivity index (χ3v) is 2.48. The molecule has 0 amide bonds. The van der Waals surface area contributed by atoms with E-state index in [-0.39, 0.29) is 5.56 Å². The van der Waals surface area contributed by atoms with Crippen molar-refractivity contribution >= 4 is 10.9 Å². The average Bonchev–Trinajstić information content (AvgIpc) is 2.32. The highest BCUT2D eigenvalue weighted by Gasteiger charge is 2.06. The summed E-state index contributed by atoms with van der Waals surface area (Å²) in [6.07, 6.45) is 0. The third kappa shape index (κ3) is 1.00. The minimum absolute atomic E-state index is 0.0706. The Morgan fingerprint density at radius 3 is 2.54 bits per heavy atom. The zero-order valence-corrected chi connectivity index (χ0v) is 8.03. The van der Waals surface area contributed by atoms with Gasteiger partial charge in [0.2, 0.25) is 0 Å². The Morgan fingerprint density at radius 1 is 1.15 bits per heavy atom. The van der Waals surface area contributed by atoms with Crippen molar-refractivity contribution in [2.75, 3.05) is 0 Å². The van der Waals surface area contributed by atoms with E-state index in [0.29, 0.717) is 0 Å². The molecule has 0 atom stereocenters. The van der Waals surface area contributed by atoms with Crippen LogP contribution in [0.15, 0.2) is 23.0 Å². The number of aromatic nitrogens is 2. The predicted molar refractivity (Wildman–Crippen MR) is 52.9 cm³/mol. The molecule has 0 spiro atoms. The van der Waals surface area contributed by atoms with Crippen LogP contribution in [0.4, 0.5) is 0 Å². The number of nitrogens with zero attached hydrogens (tertiary/aromatic N) is 2. The van der Waals surface area contributed by atoms with Crippen LogP contribution in [0, 0.1) is 6.92 Å². The van der Waals surface area contributed by atoms with E-state index in [9.17, 15) is 4.79 Å². The molecule has 0 saturated heterocycles. The molecule has 2 rings (SSSR count). The molecule has 3 nitrogen and oxygen atoms in total. The van der Waals surface area contributed by atoms with Gasteiger partial charge >= 0.3 is 0 Å². The van der Waals surface area contributed by atoms with Crippen LogP contribution < -0.4 is 5.56 Å². The smallest absolute Gasteiger partial charge is 0.274 e. The SMILES string of the molecule is Cc1ccc2c(c1)c(=O)n(C)n2C. The van der Waals surface area contributed by atoms with Crippen molar-refractivity contribution in [3.63, 3.8) is 0 Å². The van der Waals surface area contributed by atoms with Gasteiger partial charge in [-0.15, -0.1) is 0 Å². The van der Waals surface area contributed by atoms with Crippen LogP contribution >= 0.6 is 0 Å². The van der Waals surface area contributed by atoms with E-state index in [4.69, 9.17) is 0 Å².